The molecule has 0 aromatic heterocycles. The van der Waals surface area contributed by atoms with Gasteiger partial charge in [0.1, 0.15) is 5.78 Å². The van der Waals surface area contributed by atoms with Crippen LogP contribution < -0.4 is 0 Å². The molecule has 0 saturated heterocycles. The summed E-state index contributed by atoms with van der Waals surface area (Å²) >= 11 is 0. The van der Waals surface area contributed by atoms with E-state index >= 15 is 0 Å². The number of ketones is 1. The van der Waals surface area contributed by atoms with E-state index in [-0.39, 0.29) is 34.2 Å². The number of aliphatic hydroxyl groups is 1. The molecule has 0 aromatic rings. The fourth-order valence-corrected chi connectivity index (χ4v) is 6.73. The monoisotopic (exact) mass is 290 g/mol. The van der Waals surface area contributed by atoms with Gasteiger partial charge in [0.25, 0.3) is 0 Å². The zero-order valence-corrected chi connectivity index (χ0v) is 14.0. The highest BCUT2D eigenvalue weighted by Gasteiger charge is 2.85. The Balaban J connectivity index is 2.10. The Labute approximate surface area is 129 Å². The van der Waals surface area contributed by atoms with Crippen molar-refractivity contribution in [2.75, 3.05) is 0 Å². The summed E-state index contributed by atoms with van der Waals surface area (Å²) in [6.07, 6.45) is 6.29. The van der Waals surface area contributed by atoms with E-state index in [0.29, 0.717) is 11.7 Å². The van der Waals surface area contributed by atoms with E-state index in [0.717, 1.165) is 32.1 Å². The Bertz CT molecular complexity index is 480. The Hall–Kier alpha value is -0.630. The van der Waals surface area contributed by atoms with E-state index in [1.54, 1.807) is 0 Å². The van der Waals surface area contributed by atoms with Crippen molar-refractivity contribution in [1.82, 2.24) is 0 Å². The third-order valence-electron chi connectivity index (χ3n) is 7.55. The molecule has 2 nitrogen and oxygen atoms in total. The summed E-state index contributed by atoms with van der Waals surface area (Å²) in [7, 11) is 0. The van der Waals surface area contributed by atoms with Gasteiger partial charge >= 0.3 is 0 Å². The second-order valence-electron chi connectivity index (χ2n) is 8.43. The molecule has 5 unspecified atom stereocenters. The number of hydrogen-bond donors (Lipinski definition) is 1. The first kappa shape index (κ1) is 15.3. The number of fused-ring (bicyclic) bond motifs is 1. The fourth-order valence-electron chi connectivity index (χ4n) is 6.73. The molecular weight excluding hydrogens is 260 g/mol. The predicted molar refractivity (Wildman–Crippen MR) is 84.8 cm³/mol. The first-order chi connectivity index (χ1) is 9.79. The van der Waals surface area contributed by atoms with Crippen LogP contribution >= 0.6 is 0 Å². The van der Waals surface area contributed by atoms with Gasteiger partial charge in [-0.1, -0.05) is 33.8 Å². The van der Waals surface area contributed by atoms with Crippen LogP contribution in [0.5, 0.6) is 0 Å². The summed E-state index contributed by atoms with van der Waals surface area (Å²) in [5, 5.41) is 10.9. The molecule has 3 aliphatic rings. The van der Waals surface area contributed by atoms with Crippen LogP contribution in [0.2, 0.25) is 0 Å². The lowest BCUT2D eigenvalue weighted by atomic mass is 9.67. The van der Waals surface area contributed by atoms with Gasteiger partial charge in [-0.2, -0.15) is 0 Å². The maximum Gasteiger partial charge on any atom is 0.139 e. The van der Waals surface area contributed by atoms with Crippen LogP contribution in [0.1, 0.15) is 59.8 Å². The molecule has 3 fully saturated rings. The molecule has 2 heteroatoms. The molecule has 0 heterocycles. The van der Waals surface area contributed by atoms with Gasteiger partial charge in [0.2, 0.25) is 0 Å². The quantitative estimate of drug-likeness (QED) is 0.781. The molecule has 0 aromatic carbocycles. The summed E-state index contributed by atoms with van der Waals surface area (Å²) in [5.41, 5.74) is 0.0815. The SMILES string of the molecule is C=CC1CCC(C)(C)C2C3(CC)C(=O)CCC23[C@@H](C)C1O. The zero-order chi connectivity index (χ0) is 15.6. The van der Waals surface area contributed by atoms with E-state index in [1.807, 2.05) is 6.08 Å². The van der Waals surface area contributed by atoms with E-state index in [1.165, 1.54) is 0 Å². The molecule has 0 aliphatic heterocycles. The molecule has 3 rings (SSSR count). The predicted octanol–water partition coefficient (Wildman–Crippen LogP) is 3.98. The van der Waals surface area contributed by atoms with Gasteiger partial charge in [-0.15, -0.1) is 6.58 Å². The van der Waals surface area contributed by atoms with Crippen LogP contribution in [-0.4, -0.2) is 17.0 Å². The maximum absolute atomic E-state index is 12.7. The second-order valence-corrected chi connectivity index (χ2v) is 8.43. The normalized spacial score (nSPS) is 51.6. The largest absolute Gasteiger partial charge is 0.392 e. The number of Topliss-reactive ketones (excluding diaryl/α,β-unsaturated/α-hetero) is 1. The first-order valence-corrected chi connectivity index (χ1v) is 8.63. The average molecular weight is 290 g/mol. The van der Waals surface area contributed by atoms with Gasteiger partial charge in [0, 0.05) is 17.8 Å². The van der Waals surface area contributed by atoms with Crippen LogP contribution in [0.15, 0.2) is 12.7 Å². The lowest BCUT2D eigenvalue weighted by Crippen LogP contribution is -2.38. The van der Waals surface area contributed by atoms with Gasteiger partial charge in [0.15, 0.2) is 0 Å². The van der Waals surface area contributed by atoms with Crippen molar-refractivity contribution in [3.05, 3.63) is 12.7 Å². The topological polar surface area (TPSA) is 37.3 Å². The average Bonchev–Trinajstić information content (AvgIpc) is 2.99. The lowest BCUT2D eigenvalue weighted by Gasteiger charge is -2.39. The highest BCUT2D eigenvalue weighted by molar-refractivity contribution is 5.93. The van der Waals surface area contributed by atoms with E-state index in [9.17, 15) is 9.90 Å². The number of aliphatic hydroxyl groups excluding tert-OH is 1. The van der Waals surface area contributed by atoms with Crippen molar-refractivity contribution < 1.29 is 9.90 Å². The summed E-state index contributed by atoms with van der Waals surface area (Å²) in [6, 6.07) is 0. The van der Waals surface area contributed by atoms with Crippen molar-refractivity contribution in [3.8, 4) is 0 Å². The molecule has 3 aliphatic carbocycles. The molecule has 6 atom stereocenters. The third-order valence-corrected chi connectivity index (χ3v) is 7.55. The highest BCUT2D eigenvalue weighted by Crippen LogP contribution is 2.85. The van der Waals surface area contributed by atoms with Crippen LogP contribution in [0, 0.1) is 34.0 Å². The number of carbonyl (C=O) groups excluding carboxylic acids is 1. The molecule has 1 spiro atoms. The van der Waals surface area contributed by atoms with Gasteiger partial charge in [-0.05, 0) is 48.3 Å². The molecule has 0 radical (unpaired) electrons. The Kier molecular flexibility index (Phi) is 3.23. The molecular formula is C19H30O2. The smallest absolute Gasteiger partial charge is 0.139 e. The minimum Gasteiger partial charge on any atom is -0.392 e. The Morgan fingerprint density at radius 2 is 2.05 bits per heavy atom. The molecule has 3 saturated carbocycles. The van der Waals surface area contributed by atoms with Crippen molar-refractivity contribution in [3.63, 3.8) is 0 Å². The van der Waals surface area contributed by atoms with Crippen LogP contribution in [-0.2, 0) is 4.79 Å². The molecule has 1 N–H and O–H groups in total. The zero-order valence-electron chi connectivity index (χ0n) is 14.0. The maximum atomic E-state index is 12.7. The minimum atomic E-state index is -0.347. The van der Waals surface area contributed by atoms with E-state index in [4.69, 9.17) is 0 Å². The van der Waals surface area contributed by atoms with Crippen molar-refractivity contribution in [1.29, 1.82) is 0 Å². The van der Waals surface area contributed by atoms with Gasteiger partial charge in [-0.25, -0.2) is 0 Å². The van der Waals surface area contributed by atoms with Crippen molar-refractivity contribution in [2.45, 2.75) is 65.9 Å². The minimum absolute atomic E-state index is 0.0451. The number of carbonyl (C=O) groups is 1. The summed E-state index contributed by atoms with van der Waals surface area (Å²) in [4.78, 5) is 12.7. The Morgan fingerprint density at radius 3 is 2.62 bits per heavy atom. The van der Waals surface area contributed by atoms with Crippen LogP contribution in [0.3, 0.4) is 0 Å². The number of hydrogen-bond acceptors (Lipinski definition) is 2. The Morgan fingerprint density at radius 1 is 1.38 bits per heavy atom. The number of rotatable bonds is 2. The first-order valence-electron chi connectivity index (χ1n) is 8.63. The van der Waals surface area contributed by atoms with Crippen molar-refractivity contribution >= 4 is 5.78 Å². The van der Waals surface area contributed by atoms with Gasteiger partial charge in [0.05, 0.1) is 6.10 Å². The molecule has 0 amide bonds. The summed E-state index contributed by atoms with van der Waals surface area (Å²) in [6.45, 7) is 13.0. The lowest BCUT2D eigenvalue weighted by molar-refractivity contribution is -0.124. The van der Waals surface area contributed by atoms with Crippen LogP contribution in [0.4, 0.5) is 0 Å². The van der Waals surface area contributed by atoms with E-state index in [2.05, 4.69) is 34.3 Å². The van der Waals surface area contributed by atoms with Crippen molar-refractivity contribution in [2.24, 2.45) is 34.0 Å². The summed E-state index contributed by atoms with van der Waals surface area (Å²) < 4.78 is 0. The standard InChI is InChI=1S/C19H30O2/c1-6-13-8-10-17(4,5)16-18(7-2)14(20)9-11-19(16,18)12(3)15(13)21/h6,12-13,15-16,21H,1,7-11H2,2-5H3/t12-,13?,15?,16?,18?,19?/m0/s1. The molecule has 118 valence electrons. The van der Waals surface area contributed by atoms with Gasteiger partial charge < -0.3 is 5.11 Å². The van der Waals surface area contributed by atoms with Crippen LogP contribution in [0.25, 0.3) is 0 Å². The second kappa shape index (κ2) is 4.44. The third kappa shape index (κ3) is 1.55. The molecule has 0 bridgehead atoms. The fraction of sp³-hybridized carbons (Fsp3) is 0.842. The highest BCUT2D eigenvalue weighted by atomic mass is 16.3. The molecule has 21 heavy (non-hydrogen) atoms. The van der Waals surface area contributed by atoms with Gasteiger partial charge in [-0.3, -0.25) is 4.79 Å². The summed E-state index contributed by atoms with van der Waals surface area (Å²) in [5.74, 6) is 1.29. The van der Waals surface area contributed by atoms with E-state index < -0.39 is 0 Å².